The summed E-state index contributed by atoms with van der Waals surface area (Å²) in [6.07, 6.45) is 3.44. The maximum atomic E-state index is 9.79. The zero-order chi connectivity index (χ0) is 10.7. The fourth-order valence-electron chi connectivity index (χ4n) is 0.351. The number of hydrogen-bond donors (Lipinski definition) is 2. The van der Waals surface area contributed by atoms with Crippen LogP contribution in [-0.2, 0) is 9.53 Å². The van der Waals surface area contributed by atoms with Crippen molar-refractivity contribution in [2.75, 3.05) is 7.11 Å². The van der Waals surface area contributed by atoms with E-state index in [2.05, 4.69) is 4.74 Å². The zero-order valence-electron chi connectivity index (χ0n) is 7.69. The van der Waals surface area contributed by atoms with Gasteiger partial charge in [-0.2, -0.15) is 0 Å². The maximum Gasteiger partial charge on any atom is 0.505 e. The minimum atomic E-state index is -1.25. The number of unbranched alkanes of at least 4 members (excludes halogenated alkanes) is 1. The van der Waals surface area contributed by atoms with Crippen molar-refractivity contribution < 1.29 is 24.5 Å². The Kier molecular flexibility index (Phi) is 11.3. The lowest BCUT2D eigenvalue weighted by molar-refractivity contribution is -0.131. The normalized spacial score (nSPS) is 8.77. The molecule has 5 nitrogen and oxygen atoms in total. The Bertz CT molecular complexity index is 173. The standard InChI is InChI=1S/C6H10O2.C2H4O3/c1-2-3-4-5-6(7)8;1-5-2(3)4/h4-5H,2-3H2,1H3,(H,7,8);1H3,(H,3,4). The first kappa shape index (κ1) is 14.0. The molecule has 13 heavy (non-hydrogen) atoms. The summed E-state index contributed by atoms with van der Waals surface area (Å²) in [4.78, 5) is 18.9. The summed E-state index contributed by atoms with van der Waals surface area (Å²) in [6.45, 7) is 2.01. The summed E-state index contributed by atoms with van der Waals surface area (Å²) >= 11 is 0. The van der Waals surface area contributed by atoms with Gasteiger partial charge in [-0.1, -0.05) is 19.4 Å². The van der Waals surface area contributed by atoms with E-state index in [0.717, 1.165) is 20.0 Å². The van der Waals surface area contributed by atoms with Gasteiger partial charge in [0.15, 0.2) is 0 Å². The molecule has 0 aliphatic rings. The van der Waals surface area contributed by atoms with Gasteiger partial charge in [0.1, 0.15) is 0 Å². The molecular formula is C8H14O5. The third-order valence-corrected chi connectivity index (χ3v) is 0.890. The number of aliphatic carboxylic acids is 1. The van der Waals surface area contributed by atoms with Gasteiger partial charge < -0.3 is 14.9 Å². The second-order valence-electron chi connectivity index (χ2n) is 2.00. The van der Waals surface area contributed by atoms with Gasteiger partial charge in [-0.15, -0.1) is 0 Å². The molecule has 0 fully saturated rings. The molecule has 0 bridgehead atoms. The number of carboxylic acid groups (broad SMARTS) is 2. The fraction of sp³-hybridized carbons (Fsp3) is 0.500. The predicted molar refractivity (Wildman–Crippen MR) is 46.7 cm³/mol. The smallest absolute Gasteiger partial charge is 0.478 e. The van der Waals surface area contributed by atoms with E-state index < -0.39 is 12.1 Å². The van der Waals surface area contributed by atoms with Gasteiger partial charge in [0.25, 0.3) is 0 Å². The van der Waals surface area contributed by atoms with Crippen LogP contribution in [0.25, 0.3) is 0 Å². The molecule has 5 heteroatoms. The van der Waals surface area contributed by atoms with Crippen LogP contribution in [0.3, 0.4) is 0 Å². The molecule has 0 aliphatic carbocycles. The van der Waals surface area contributed by atoms with Crippen LogP contribution in [0.1, 0.15) is 19.8 Å². The van der Waals surface area contributed by atoms with Crippen molar-refractivity contribution in [1.29, 1.82) is 0 Å². The van der Waals surface area contributed by atoms with Crippen LogP contribution in [0.15, 0.2) is 12.2 Å². The maximum absolute atomic E-state index is 9.79. The number of rotatable bonds is 3. The molecule has 0 aromatic carbocycles. The van der Waals surface area contributed by atoms with E-state index in [0.29, 0.717) is 0 Å². The van der Waals surface area contributed by atoms with Crippen molar-refractivity contribution in [1.82, 2.24) is 0 Å². The highest BCUT2D eigenvalue weighted by atomic mass is 16.6. The van der Waals surface area contributed by atoms with Crippen LogP contribution in [0, 0.1) is 0 Å². The largest absolute Gasteiger partial charge is 0.505 e. The fourth-order valence-corrected chi connectivity index (χ4v) is 0.351. The molecule has 0 saturated carbocycles. The van der Waals surface area contributed by atoms with Gasteiger partial charge in [0, 0.05) is 6.08 Å². The molecule has 0 amide bonds. The van der Waals surface area contributed by atoms with E-state index in [9.17, 15) is 4.79 Å². The molecule has 0 heterocycles. The predicted octanol–water partition coefficient (Wildman–Crippen LogP) is 1.74. The Morgan fingerprint density at radius 3 is 2.08 bits per heavy atom. The molecule has 0 atom stereocenters. The van der Waals surface area contributed by atoms with Crippen LogP contribution < -0.4 is 0 Å². The monoisotopic (exact) mass is 190 g/mol. The van der Waals surface area contributed by atoms with Crippen molar-refractivity contribution in [2.45, 2.75) is 19.8 Å². The van der Waals surface area contributed by atoms with Crippen molar-refractivity contribution in [3.8, 4) is 0 Å². The number of ether oxygens (including phenoxy) is 1. The first-order chi connectivity index (χ1) is 6.04. The summed E-state index contributed by atoms with van der Waals surface area (Å²) in [5, 5.41) is 15.6. The Balaban J connectivity index is 0. The van der Waals surface area contributed by atoms with Crippen LogP contribution in [-0.4, -0.2) is 29.4 Å². The molecule has 76 valence electrons. The molecule has 0 aromatic rings. The third kappa shape index (κ3) is 25.1. The van der Waals surface area contributed by atoms with E-state index in [-0.39, 0.29) is 0 Å². The second kappa shape index (κ2) is 10.5. The number of methoxy groups -OCH3 is 1. The minimum Gasteiger partial charge on any atom is -0.478 e. The zero-order valence-corrected chi connectivity index (χ0v) is 7.69. The minimum absolute atomic E-state index is 0.853. The Hall–Kier alpha value is -1.52. The molecule has 0 aromatic heterocycles. The highest BCUT2D eigenvalue weighted by Crippen LogP contribution is 1.86. The van der Waals surface area contributed by atoms with Crippen LogP contribution in [0.4, 0.5) is 4.79 Å². The summed E-state index contributed by atoms with van der Waals surface area (Å²) in [5.74, 6) is -0.863. The van der Waals surface area contributed by atoms with Crippen molar-refractivity contribution in [3.05, 3.63) is 12.2 Å². The van der Waals surface area contributed by atoms with Gasteiger partial charge in [-0.05, 0) is 6.42 Å². The average molecular weight is 190 g/mol. The van der Waals surface area contributed by atoms with Crippen LogP contribution >= 0.6 is 0 Å². The molecule has 0 unspecified atom stereocenters. The molecule has 0 saturated heterocycles. The summed E-state index contributed by atoms with van der Waals surface area (Å²) in [5.41, 5.74) is 0. The van der Waals surface area contributed by atoms with Gasteiger partial charge in [0.2, 0.25) is 0 Å². The quantitative estimate of drug-likeness (QED) is 0.523. The van der Waals surface area contributed by atoms with Crippen LogP contribution in [0.5, 0.6) is 0 Å². The Labute approximate surface area is 76.6 Å². The lowest BCUT2D eigenvalue weighted by atomic mass is 10.3. The van der Waals surface area contributed by atoms with Gasteiger partial charge in [-0.3, -0.25) is 0 Å². The van der Waals surface area contributed by atoms with E-state index >= 15 is 0 Å². The Morgan fingerprint density at radius 1 is 1.38 bits per heavy atom. The first-order valence-electron chi connectivity index (χ1n) is 3.71. The topological polar surface area (TPSA) is 83.8 Å². The summed E-state index contributed by atoms with van der Waals surface area (Å²) < 4.78 is 3.67. The molecule has 0 aliphatic heterocycles. The summed E-state index contributed by atoms with van der Waals surface area (Å²) in [6, 6.07) is 0. The van der Waals surface area contributed by atoms with Crippen molar-refractivity contribution >= 4 is 12.1 Å². The van der Waals surface area contributed by atoms with Gasteiger partial charge >= 0.3 is 12.1 Å². The van der Waals surface area contributed by atoms with Crippen molar-refractivity contribution in [2.24, 2.45) is 0 Å². The SMILES string of the molecule is CCCC=CC(=O)O.COC(=O)O. The third-order valence-electron chi connectivity index (χ3n) is 0.890. The highest BCUT2D eigenvalue weighted by Gasteiger charge is 1.81. The number of hydrogen-bond acceptors (Lipinski definition) is 3. The highest BCUT2D eigenvalue weighted by molar-refractivity contribution is 5.79. The first-order valence-corrected chi connectivity index (χ1v) is 3.71. The molecule has 0 radical (unpaired) electrons. The molecular weight excluding hydrogens is 176 g/mol. The van der Waals surface area contributed by atoms with Crippen molar-refractivity contribution in [3.63, 3.8) is 0 Å². The molecule has 0 rings (SSSR count). The number of carboxylic acids is 1. The van der Waals surface area contributed by atoms with Gasteiger partial charge in [-0.25, -0.2) is 9.59 Å². The van der Waals surface area contributed by atoms with Gasteiger partial charge in [0.05, 0.1) is 7.11 Å². The van der Waals surface area contributed by atoms with E-state index in [1.165, 1.54) is 6.08 Å². The number of carbonyl (C=O) groups is 2. The van der Waals surface area contributed by atoms with Crippen LogP contribution in [0.2, 0.25) is 0 Å². The van der Waals surface area contributed by atoms with E-state index in [4.69, 9.17) is 15.0 Å². The van der Waals surface area contributed by atoms with E-state index in [1.54, 1.807) is 6.08 Å². The molecule has 0 spiro atoms. The lowest BCUT2D eigenvalue weighted by Crippen LogP contribution is -1.91. The second-order valence-corrected chi connectivity index (χ2v) is 2.00. The average Bonchev–Trinajstić information content (AvgIpc) is 2.05. The Morgan fingerprint density at radius 2 is 1.85 bits per heavy atom. The van der Waals surface area contributed by atoms with E-state index in [1.807, 2.05) is 6.92 Å². The molecule has 2 N–H and O–H groups in total. The number of allylic oxidation sites excluding steroid dienone is 1. The summed E-state index contributed by atoms with van der Waals surface area (Å²) in [7, 11) is 1.10. The lowest BCUT2D eigenvalue weighted by Gasteiger charge is -1.79.